The van der Waals surface area contributed by atoms with Gasteiger partial charge in [-0.05, 0) is 43.3 Å². The predicted octanol–water partition coefficient (Wildman–Crippen LogP) is 3.42. The van der Waals surface area contributed by atoms with E-state index in [0.717, 1.165) is 22.4 Å². The van der Waals surface area contributed by atoms with Crippen molar-refractivity contribution in [3.8, 4) is 0 Å². The highest BCUT2D eigenvalue weighted by molar-refractivity contribution is 5.89. The molecule has 0 spiro atoms. The molecule has 3 rings (SSSR count). The molecule has 0 bridgehead atoms. The van der Waals surface area contributed by atoms with Crippen LogP contribution >= 0.6 is 0 Å². The van der Waals surface area contributed by atoms with Crippen LogP contribution in [0.3, 0.4) is 0 Å². The van der Waals surface area contributed by atoms with Crippen molar-refractivity contribution in [2.24, 2.45) is 0 Å². The molecule has 1 aromatic heterocycles. The highest BCUT2D eigenvalue weighted by Gasteiger charge is 2.05. The van der Waals surface area contributed by atoms with Gasteiger partial charge in [0.2, 0.25) is 0 Å². The molecule has 2 aromatic carbocycles. The molecule has 3 aromatic rings. The first-order valence-electron chi connectivity index (χ1n) is 7.48. The van der Waals surface area contributed by atoms with Gasteiger partial charge < -0.3 is 10.1 Å². The average Bonchev–Trinajstić information content (AvgIpc) is 2.60. The van der Waals surface area contributed by atoms with Crippen LogP contribution in [0, 0.1) is 0 Å². The minimum atomic E-state index is -0.306. The molecule has 0 saturated heterocycles. The van der Waals surface area contributed by atoms with E-state index in [1.165, 1.54) is 0 Å². The summed E-state index contributed by atoms with van der Waals surface area (Å²) in [7, 11) is 0. The van der Waals surface area contributed by atoms with Crippen LogP contribution in [0.5, 0.6) is 0 Å². The number of fused-ring (bicyclic) bond motifs is 1. The molecule has 5 heteroatoms. The number of hydrogen-bond acceptors (Lipinski definition) is 5. The second-order valence-electron chi connectivity index (χ2n) is 5.00. The Bertz CT molecular complexity index is 816. The summed E-state index contributed by atoms with van der Waals surface area (Å²) in [5.74, 6) is -0.306. The van der Waals surface area contributed by atoms with E-state index in [1.807, 2.05) is 36.4 Å². The summed E-state index contributed by atoms with van der Waals surface area (Å²) in [6.07, 6.45) is 1.77. The number of rotatable bonds is 5. The van der Waals surface area contributed by atoms with Gasteiger partial charge >= 0.3 is 5.97 Å². The number of benzene rings is 2. The lowest BCUT2D eigenvalue weighted by Crippen LogP contribution is -2.05. The van der Waals surface area contributed by atoms with Crippen LogP contribution in [0.4, 0.5) is 5.69 Å². The van der Waals surface area contributed by atoms with Crippen LogP contribution in [0.15, 0.2) is 54.7 Å². The highest BCUT2D eigenvalue weighted by Crippen LogP contribution is 2.13. The van der Waals surface area contributed by atoms with E-state index in [9.17, 15) is 4.79 Å². The smallest absolute Gasteiger partial charge is 0.338 e. The lowest BCUT2D eigenvalue weighted by molar-refractivity contribution is 0.0526. The third-order valence-electron chi connectivity index (χ3n) is 3.37. The van der Waals surface area contributed by atoms with Crippen molar-refractivity contribution in [1.82, 2.24) is 9.97 Å². The fourth-order valence-electron chi connectivity index (χ4n) is 2.21. The molecule has 5 nitrogen and oxygen atoms in total. The van der Waals surface area contributed by atoms with Gasteiger partial charge in [-0.25, -0.2) is 9.78 Å². The van der Waals surface area contributed by atoms with Crippen LogP contribution in [0.1, 0.15) is 23.0 Å². The van der Waals surface area contributed by atoms with Crippen LogP contribution in [0.2, 0.25) is 0 Å². The quantitative estimate of drug-likeness (QED) is 0.732. The summed E-state index contributed by atoms with van der Waals surface area (Å²) >= 11 is 0. The fourth-order valence-corrected chi connectivity index (χ4v) is 2.21. The summed E-state index contributed by atoms with van der Waals surface area (Å²) < 4.78 is 4.96. The predicted molar refractivity (Wildman–Crippen MR) is 89.3 cm³/mol. The molecule has 0 radical (unpaired) electrons. The molecule has 0 atom stereocenters. The Kier molecular flexibility index (Phi) is 4.47. The van der Waals surface area contributed by atoms with Gasteiger partial charge in [0.25, 0.3) is 0 Å². The Morgan fingerprint density at radius 1 is 1.09 bits per heavy atom. The molecule has 23 heavy (non-hydrogen) atoms. The van der Waals surface area contributed by atoms with E-state index in [4.69, 9.17) is 4.74 Å². The molecule has 0 aliphatic heterocycles. The van der Waals surface area contributed by atoms with Gasteiger partial charge in [-0.3, -0.25) is 4.98 Å². The number of nitrogens with zero attached hydrogens (tertiary/aromatic N) is 2. The molecule has 0 fully saturated rings. The molecule has 116 valence electrons. The monoisotopic (exact) mass is 307 g/mol. The molecule has 0 amide bonds. The lowest BCUT2D eigenvalue weighted by Gasteiger charge is -2.07. The molecular formula is C18H17N3O2. The van der Waals surface area contributed by atoms with Gasteiger partial charge in [0.15, 0.2) is 0 Å². The van der Waals surface area contributed by atoms with E-state index >= 15 is 0 Å². The third kappa shape index (κ3) is 3.63. The Hall–Kier alpha value is -2.95. The van der Waals surface area contributed by atoms with Gasteiger partial charge in [0.1, 0.15) is 0 Å². The van der Waals surface area contributed by atoms with Crippen molar-refractivity contribution in [3.05, 3.63) is 66.0 Å². The van der Waals surface area contributed by atoms with Crippen LogP contribution in [0.25, 0.3) is 11.0 Å². The number of nitrogens with one attached hydrogen (secondary N) is 1. The Morgan fingerprint density at radius 3 is 2.57 bits per heavy atom. The normalized spacial score (nSPS) is 10.5. The maximum Gasteiger partial charge on any atom is 0.338 e. The van der Waals surface area contributed by atoms with E-state index in [0.29, 0.717) is 18.7 Å². The Morgan fingerprint density at radius 2 is 1.83 bits per heavy atom. The van der Waals surface area contributed by atoms with Crippen molar-refractivity contribution in [3.63, 3.8) is 0 Å². The average molecular weight is 307 g/mol. The lowest BCUT2D eigenvalue weighted by atomic mass is 10.2. The molecule has 0 aliphatic carbocycles. The maximum absolute atomic E-state index is 11.6. The second kappa shape index (κ2) is 6.87. The van der Waals surface area contributed by atoms with Crippen molar-refractivity contribution < 1.29 is 9.53 Å². The van der Waals surface area contributed by atoms with Gasteiger partial charge in [-0.2, -0.15) is 0 Å². The van der Waals surface area contributed by atoms with Gasteiger partial charge in [-0.15, -0.1) is 0 Å². The second-order valence-corrected chi connectivity index (χ2v) is 5.00. The van der Waals surface area contributed by atoms with Crippen LogP contribution < -0.4 is 5.32 Å². The molecule has 0 saturated carbocycles. The van der Waals surface area contributed by atoms with Crippen LogP contribution in [-0.2, 0) is 11.3 Å². The zero-order valence-electron chi connectivity index (χ0n) is 12.8. The first kappa shape index (κ1) is 15.0. The van der Waals surface area contributed by atoms with E-state index in [1.54, 1.807) is 25.3 Å². The molecule has 1 heterocycles. The molecule has 1 N–H and O–H groups in total. The first-order chi connectivity index (χ1) is 11.3. The van der Waals surface area contributed by atoms with Crippen molar-refractivity contribution in [1.29, 1.82) is 0 Å². The number of carbonyl (C=O) groups excluding carboxylic acids is 1. The van der Waals surface area contributed by atoms with Crippen molar-refractivity contribution >= 4 is 22.7 Å². The number of anilines is 1. The zero-order valence-corrected chi connectivity index (χ0v) is 12.8. The highest BCUT2D eigenvalue weighted by atomic mass is 16.5. The summed E-state index contributed by atoms with van der Waals surface area (Å²) in [6, 6.07) is 15.0. The SMILES string of the molecule is CCOC(=O)c1ccc(NCc2cnc3ccccc3n2)cc1. The largest absolute Gasteiger partial charge is 0.462 e. The van der Waals surface area contributed by atoms with Crippen molar-refractivity contribution in [2.45, 2.75) is 13.5 Å². The zero-order chi connectivity index (χ0) is 16.1. The number of para-hydroxylation sites is 2. The number of hydrogen-bond donors (Lipinski definition) is 1. The van der Waals surface area contributed by atoms with Gasteiger partial charge in [0.05, 0.1) is 41.6 Å². The topological polar surface area (TPSA) is 64.1 Å². The number of carbonyl (C=O) groups is 1. The summed E-state index contributed by atoms with van der Waals surface area (Å²) in [5.41, 5.74) is 4.08. The Balaban J connectivity index is 1.66. The van der Waals surface area contributed by atoms with Crippen molar-refractivity contribution in [2.75, 3.05) is 11.9 Å². The van der Waals surface area contributed by atoms with E-state index in [2.05, 4.69) is 15.3 Å². The number of aromatic nitrogens is 2. The summed E-state index contributed by atoms with van der Waals surface area (Å²) in [6.45, 7) is 2.73. The summed E-state index contributed by atoms with van der Waals surface area (Å²) in [4.78, 5) is 20.5. The molecule has 0 aliphatic rings. The third-order valence-corrected chi connectivity index (χ3v) is 3.37. The molecule has 0 unspecified atom stereocenters. The first-order valence-corrected chi connectivity index (χ1v) is 7.48. The standard InChI is InChI=1S/C18H17N3O2/c1-2-23-18(22)13-7-9-14(10-8-13)19-11-15-12-20-16-5-3-4-6-17(16)21-15/h3-10,12,19H,2,11H2,1H3. The summed E-state index contributed by atoms with van der Waals surface area (Å²) in [5, 5.41) is 3.27. The van der Waals surface area contributed by atoms with Gasteiger partial charge in [-0.1, -0.05) is 12.1 Å². The molecular weight excluding hydrogens is 290 g/mol. The van der Waals surface area contributed by atoms with Crippen LogP contribution in [-0.4, -0.2) is 22.5 Å². The minimum absolute atomic E-state index is 0.306. The fraction of sp³-hybridized carbons (Fsp3) is 0.167. The van der Waals surface area contributed by atoms with Gasteiger partial charge in [0, 0.05) is 5.69 Å². The number of ether oxygens (including phenoxy) is 1. The minimum Gasteiger partial charge on any atom is -0.462 e. The maximum atomic E-state index is 11.6. The van der Waals surface area contributed by atoms with E-state index < -0.39 is 0 Å². The Labute approximate surface area is 134 Å². The number of esters is 1. The van der Waals surface area contributed by atoms with E-state index in [-0.39, 0.29) is 5.97 Å².